The molecular formula is C17H25Cl2N3O3. The summed E-state index contributed by atoms with van der Waals surface area (Å²) in [7, 11) is 0. The van der Waals surface area contributed by atoms with Crippen LogP contribution in [-0.2, 0) is 16.1 Å². The van der Waals surface area contributed by atoms with Gasteiger partial charge in [0.15, 0.2) is 0 Å². The molecule has 0 spiro atoms. The van der Waals surface area contributed by atoms with E-state index < -0.39 is 18.0 Å². The number of nitrogens with zero attached hydrogens (tertiary/aromatic N) is 1. The molecule has 1 aromatic rings. The molecule has 0 bridgehead atoms. The van der Waals surface area contributed by atoms with Crippen molar-refractivity contribution < 1.29 is 14.7 Å². The number of hydrogen-bond acceptors (Lipinski definition) is 4. The minimum atomic E-state index is -0.467. The van der Waals surface area contributed by atoms with Gasteiger partial charge in [-0.25, -0.2) is 0 Å². The molecule has 1 unspecified atom stereocenters. The number of likely N-dealkylation sites (tertiary alicyclic amines) is 1. The Labute approximate surface area is 159 Å². The summed E-state index contributed by atoms with van der Waals surface area (Å²) in [5, 5.41) is 13.4. The van der Waals surface area contributed by atoms with Crippen molar-refractivity contribution in [1.29, 1.82) is 0 Å². The average molecular weight is 390 g/mol. The molecule has 6 nitrogen and oxygen atoms in total. The lowest BCUT2D eigenvalue weighted by atomic mass is 9.99. The number of carbonyl (C=O) groups is 2. The molecule has 8 heteroatoms. The third-order valence-electron chi connectivity index (χ3n) is 4.55. The van der Waals surface area contributed by atoms with E-state index in [2.05, 4.69) is 5.32 Å². The van der Waals surface area contributed by atoms with Crippen molar-refractivity contribution in [1.82, 2.24) is 10.2 Å². The zero-order valence-electron chi connectivity index (χ0n) is 14.4. The van der Waals surface area contributed by atoms with Crippen LogP contribution < -0.4 is 11.1 Å². The van der Waals surface area contributed by atoms with Gasteiger partial charge in [0.1, 0.15) is 5.75 Å². The molecule has 0 aromatic heterocycles. The van der Waals surface area contributed by atoms with E-state index in [1.807, 2.05) is 4.90 Å². The molecule has 1 saturated heterocycles. The minimum absolute atomic E-state index is 0. The standard InChI is InChI=1S/C17H24ClN3O3.ClH/c1-10-7-13(18)8-12(15(10)22)9-20-17(24)11(2)21-6-4-3-5-14(21)16(19)23;/h7-8,11,14,22H,3-6,9H2,1-2H3,(H2,19,23)(H,20,24);1H/t11-,14?;/m0./s1. The van der Waals surface area contributed by atoms with Crippen molar-refractivity contribution in [2.45, 2.75) is 51.7 Å². The molecule has 1 aromatic carbocycles. The second kappa shape index (κ2) is 9.27. The maximum Gasteiger partial charge on any atom is 0.237 e. The van der Waals surface area contributed by atoms with Crippen LogP contribution in [0.5, 0.6) is 5.75 Å². The smallest absolute Gasteiger partial charge is 0.237 e. The highest BCUT2D eigenvalue weighted by Crippen LogP contribution is 2.26. The van der Waals surface area contributed by atoms with E-state index >= 15 is 0 Å². The quantitative estimate of drug-likeness (QED) is 0.718. The predicted molar refractivity (Wildman–Crippen MR) is 99.9 cm³/mol. The Morgan fingerprint density at radius 1 is 1.44 bits per heavy atom. The van der Waals surface area contributed by atoms with Gasteiger partial charge >= 0.3 is 0 Å². The van der Waals surface area contributed by atoms with Crippen molar-refractivity contribution in [3.8, 4) is 5.75 Å². The molecule has 2 rings (SSSR count). The van der Waals surface area contributed by atoms with E-state index in [0.29, 0.717) is 29.1 Å². The number of aryl methyl sites for hydroxylation is 1. The number of aromatic hydroxyl groups is 1. The highest BCUT2D eigenvalue weighted by Gasteiger charge is 2.33. The van der Waals surface area contributed by atoms with Gasteiger partial charge in [-0.05, 0) is 50.9 Å². The zero-order valence-corrected chi connectivity index (χ0v) is 16.0. The number of carbonyl (C=O) groups excluding carboxylic acids is 2. The summed E-state index contributed by atoms with van der Waals surface area (Å²) in [6.07, 6.45) is 2.56. The highest BCUT2D eigenvalue weighted by molar-refractivity contribution is 6.30. The first-order valence-corrected chi connectivity index (χ1v) is 8.49. The van der Waals surface area contributed by atoms with Gasteiger partial charge in [0.2, 0.25) is 11.8 Å². The summed E-state index contributed by atoms with van der Waals surface area (Å²) in [4.78, 5) is 25.9. The molecule has 4 N–H and O–H groups in total. The van der Waals surface area contributed by atoms with E-state index in [0.717, 1.165) is 12.8 Å². The first-order valence-electron chi connectivity index (χ1n) is 8.12. The predicted octanol–water partition coefficient (Wildman–Crippen LogP) is 2.12. The fourth-order valence-corrected chi connectivity index (χ4v) is 3.44. The minimum Gasteiger partial charge on any atom is -0.507 e. The lowest BCUT2D eigenvalue weighted by Crippen LogP contribution is -2.55. The number of nitrogens with one attached hydrogen (secondary N) is 1. The summed E-state index contributed by atoms with van der Waals surface area (Å²) in [6, 6.07) is 2.42. The summed E-state index contributed by atoms with van der Waals surface area (Å²) < 4.78 is 0. The van der Waals surface area contributed by atoms with Crippen LogP contribution in [0.2, 0.25) is 5.02 Å². The molecule has 1 aliphatic heterocycles. The molecule has 0 saturated carbocycles. The van der Waals surface area contributed by atoms with Gasteiger partial charge in [-0.1, -0.05) is 18.0 Å². The van der Waals surface area contributed by atoms with E-state index in [4.69, 9.17) is 17.3 Å². The van der Waals surface area contributed by atoms with Crippen LogP contribution in [0, 0.1) is 6.92 Å². The second-order valence-corrected chi connectivity index (χ2v) is 6.71. The van der Waals surface area contributed by atoms with Crippen LogP contribution in [-0.4, -0.2) is 40.4 Å². The molecule has 2 atom stereocenters. The normalized spacial score (nSPS) is 18.9. The third-order valence-corrected chi connectivity index (χ3v) is 4.77. The molecule has 0 radical (unpaired) electrons. The summed E-state index contributed by atoms with van der Waals surface area (Å²) in [5.74, 6) is -0.474. The molecular weight excluding hydrogens is 365 g/mol. The maximum absolute atomic E-state index is 12.4. The summed E-state index contributed by atoms with van der Waals surface area (Å²) >= 11 is 5.99. The highest BCUT2D eigenvalue weighted by atomic mass is 35.5. The Hall–Kier alpha value is -1.50. The number of primary amides is 1. The van der Waals surface area contributed by atoms with E-state index in [9.17, 15) is 14.7 Å². The van der Waals surface area contributed by atoms with Gasteiger partial charge in [-0.2, -0.15) is 0 Å². The van der Waals surface area contributed by atoms with Crippen LogP contribution in [0.25, 0.3) is 0 Å². The number of amides is 2. The second-order valence-electron chi connectivity index (χ2n) is 6.28. The Morgan fingerprint density at radius 3 is 2.76 bits per heavy atom. The summed E-state index contributed by atoms with van der Waals surface area (Å²) in [5.41, 5.74) is 6.67. The Bertz CT molecular complexity index is 640. The number of piperidine rings is 1. The first kappa shape index (κ1) is 21.5. The van der Waals surface area contributed by atoms with Crippen LogP contribution >= 0.6 is 24.0 Å². The lowest BCUT2D eigenvalue weighted by Gasteiger charge is -2.37. The van der Waals surface area contributed by atoms with Crippen LogP contribution in [0.1, 0.15) is 37.3 Å². The molecule has 1 heterocycles. The van der Waals surface area contributed by atoms with Gasteiger partial charge in [0.25, 0.3) is 0 Å². The number of nitrogens with two attached hydrogens (primary N) is 1. The molecule has 2 amide bonds. The summed E-state index contributed by atoms with van der Waals surface area (Å²) in [6.45, 7) is 4.36. The Balaban J connectivity index is 0.00000312. The Kier molecular flexibility index (Phi) is 7.99. The van der Waals surface area contributed by atoms with Crippen molar-refractivity contribution in [3.05, 3.63) is 28.3 Å². The largest absolute Gasteiger partial charge is 0.507 e. The van der Waals surface area contributed by atoms with Crippen LogP contribution in [0.15, 0.2) is 12.1 Å². The van der Waals surface area contributed by atoms with Crippen LogP contribution in [0.4, 0.5) is 0 Å². The van der Waals surface area contributed by atoms with Gasteiger partial charge in [0, 0.05) is 17.1 Å². The number of benzene rings is 1. The van der Waals surface area contributed by atoms with E-state index in [-0.39, 0.29) is 30.6 Å². The SMILES string of the molecule is Cc1cc(Cl)cc(CNC(=O)[C@H](C)N2CCCCC2C(N)=O)c1O.Cl. The van der Waals surface area contributed by atoms with E-state index in [1.165, 1.54) is 0 Å². The zero-order chi connectivity index (χ0) is 17.9. The average Bonchev–Trinajstić information content (AvgIpc) is 2.55. The number of hydrogen-bond donors (Lipinski definition) is 3. The van der Waals surface area contributed by atoms with Gasteiger partial charge in [0.05, 0.1) is 12.1 Å². The number of halogens is 2. The fraction of sp³-hybridized carbons (Fsp3) is 0.529. The molecule has 1 aliphatic rings. The fourth-order valence-electron chi connectivity index (χ4n) is 3.14. The van der Waals surface area contributed by atoms with Crippen molar-refractivity contribution in [2.75, 3.05) is 6.54 Å². The molecule has 25 heavy (non-hydrogen) atoms. The van der Waals surface area contributed by atoms with Crippen LogP contribution in [0.3, 0.4) is 0 Å². The topological polar surface area (TPSA) is 95.7 Å². The number of phenolic OH excluding ortho intramolecular Hbond substituents is 1. The lowest BCUT2D eigenvalue weighted by molar-refractivity contribution is -0.132. The maximum atomic E-state index is 12.4. The number of phenols is 1. The van der Waals surface area contributed by atoms with Gasteiger partial charge < -0.3 is 16.2 Å². The molecule has 0 aliphatic carbocycles. The number of rotatable bonds is 5. The van der Waals surface area contributed by atoms with Crippen molar-refractivity contribution in [2.24, 2.45) is 5.73 Å². The third kappa shape index (κ3) is 5.23. The van der Waals surface area contributed by atoms with Gasteiger partial charge in [-0.15, -0.1) is 12.4 Å². The van der Waals surface area contributed by atoms with E-state index in [1.54, 1.807) is 26.0 Å². The molecule has 140 valence electrons. The van der Waals surface area contributed by atoms with Crippen molar-refractivity contribution >= 4 is 35.8 Å². The Morgan fingerprint density at radius 2 is 2.12 bits per heavy atom. The van der Waals surface area contributed by atoms with Crippen molar-refractivity contribution in [3.63, 3.8) is 0 Å². The first-order chi connectivity index (χ1) is 11.3. The monoisotopic (exact) mass is 389 g/mol. The van der Waals surface area contributed by atoms with Gasteiger partial charge in [-0.3, -0.25) is 14.5 Å². The molecule has 1 fully saturated rings.